The maximum atomic E-state index is 4.58. The van der Waals surface area contributed by atoms with Crippen LogP contribution in [0, 0.1) is 0 Å². The molecule has 0 bridgehead atoms. The molecule has 0 aliphatic carbocycles. The summed E-state index contributed by atoms with van der Waals surface area (Å²) in [6, 6.07) is 0. The Bertz CT molecular complexity index is 882. The fourth-order valence-electron chi connectivity index (χ4n) is 4.18. The number of rotatable bonds is 2. The third-order valence-electron chi connectivity index (χ3n) is 5.43. The number of hydrogen-bond acceptors (Lipinski definition) is 6. The lowest BCUT2D eigenvalue weighted by molar-refractivity contribution is 0.464. The van der Waals surface area contributed by atoms with Gasteiger partial charge in [-0.05, 0) is 25.7 Å². The lowest BCUT2D eigenvalue weighted by Gasteiger charge is -2.33. The molecule has 0 amide bonds. The molecular weight excluding hydrogens is 316 g/mol. The molecule has 1 saturated heterocycles. The Hall–Kier alpha value is -2.51. The third-order valence-corrected chi connectivity index (χ3v) is 5.43. The van der Waals surface area contributed by atoms with E-state index >= 15 is 0 Å². The van der Waals surface area contributed by atoms with Crippen LogP contribution in [0.4, 0.5) is 5.82 Å². The van der Waals surface area contributed by atoms with E-state index in [1.54, 1.807) is 12.7 Å². The van der Waals surface area contributed by atoms with Crippen LogP contribution in [-0.2, 0) is 13.0 Å². The van der Waals surface area contributed by atoms with E-state index in [1.807, 2.05) is 0 Å². The smallest absolute Gasteiger partial charge is 0.182 e. The second kappa shape index (κ2) is 6.09. The topological polar surface area (TPSA) is 88.4 Å². The van der Waals surface area contributed by atoms with E-state index in [2.05, 4.69) is 39.6 Å². The highest BCUT2D eigenvalue weighted by Gasteiger charge is 2.29. The van der Waals surface area contributed by atoms with Gasteiger partial charge in [-0.2, -0.15) is 0 Å². The molecule has 8 nitrogen and oxygen atoms in total. The van der Waals surface area contributed by atoms with Crippen molar-refractivity contribution >= 4 is 17.0 Å². The summed E-state index contributed by atoms with van der Waals surface area (Å²) in [5, 5.41) is 9.06. The fourth-order valence-corrected chi connectivity index (χ4v) is 4.18. The molecule has 5 heterocycles. The predicted molar refractivity (Wildman–Crippen MR) is 93.4 cm³/mol. The van der Waals surface area contributed by atoms with Crippen LogP contribution in [-0.4, -0.2) is 47.8 Å². The van der Waals surface area contributed by atoms with Crippen molar-refractivity contribution in [3.05, 3.63) is 24.3 Å². The van der Waals surface area contributed by atoms with Gasteiger partial charge in [0, 0.05) is 32.0 Å². The number of nitrogens with one attached hydrogen (secondary N) is 1. The molecule has 1 N–H and O–H groups in total. The second-order valence-electron chi connectivity index (χ2n) is 7.02. The normalized spacial score (nSPS) is 21.3. The minimum atomic E-state index is 0.404. The van der Waals surface area contributed by atoms with Crippen LogP contribution >= 0.6 is 0 Å². The molecule has 3 aromatic heterocycles. The van der Waals surface area contributed by atoms with Crippen LogP contribution in [0.2, 0.25) is 0 Å². The molecular formula is C17H22N8. The van der Waals surface area contributed by atoms with Gasteiger partial charge in [0.15, 0.2) is 11.5 Å². The Kier molecular flexibility index (Phi) is 3.61. The first-order chi connectivity index (χ1) is 12.4. The molecule has 5 rings (SSSR count). The molecule has 0 spiro atoms. The van der Waals surface area contributed by atoms with Gasteiger partial charge in [0.1, 0.15) is 23.5 Å². The van der Waals surface area contributed by atoms with Crippen LogP contribution < -0.4 is 4.90 Å². The third kappa shape index (κ3) is 2.56. The summed E-state index contributed by atoms with van der Waals surface area (Å²) in [4.78, 5) is 18.5. The Morgan fingerprint density at radius 3 is 3.00 bits per heavy atom. The first-order valence-corrected chi connectivity index (χ1v) is 9.21. The monoisotopic (exact) mass is 338 g/mol. The van der Waals surface area contributed by atoms with E-state index in [0.717, 1.165) is 61.7 Å². The van der Waals surface area contributed by atoms with E-state index in [-0.39, 0.29) is 0 Å². The van der Waals surface area contributed by atoms with Crippen LogP contribution in [0.3, 0.4) is 0 Å². The number of piperidine rings is 1. The number of aryl methyl sites for hydroxylation is 1. The summed E-state index contributed by atoms with van der Waals surface area (Å²) in [6.07, 6.45) is 10.4. The summed E-state index contributed by atoms with van der Waals surface area (Å²) in [7, 11) is 0. The quantitative estimate of drug-likeness (QED) is 0.769. The predicted octanol–water partition coefficient (Wildman–Crippen LogP) is 2.05. The lowest BCUT2D eigenvalue weighted by Crippen LogP contribution is -2.36. The van der Waals surface area contributed by atoms with E-state index < -0.39 is 0 Å². The van der Waals surface area contributed by atoms with Crippen molar-refractivity contribution in [3.8, 4) is 0 Å². The average Bonchev–Trinajstić information content (AvgIpc) is 3.23. The van der Waals surface area contributed by atoms with E-state index in [0.29, 0.717) is 5.92 Å². The number of H-pyrrole nitrogens is 1. The number of aromatic nitrogens is 7. The van der Waals surface area contributed by atoms with Crippen molar-refractivity contribution in [2.75, 3.05) is 18.0 Å². The molecule has 0 saturated carbocycles. The summed E-state index contributed by atoms with van der Waals surface area (Å²) < 4.78 is 2.38. The number of anilines is 1. The summed E-state index contributed by atoms with van der Waals surface area (Å²) in [5.41, 5.74) is 1.65. The first-order valence-electron chi connectivity index (χ1n) is 9.21. The average molecular weight is 338 g/mol. The minimum absolute atomic E-state index is 0.404. The Labute approximate surface area is 145 Å². The second-order valence-corrected chi connectivity index (χ2v) is 7.02. The highest BCUT2D eigenvalue weighted by Crippen LogP contribution is 2.31. The van der Waals surface area contributed by atoms with E-state index in [4.69, 9.17) is 0 Å². The van der Waals surface area contributed by atoms with Crippen molar-refractivity contribution < 1.29 is 0 Å². The van der Waals surface area contributed by atoms with Gasteiger partial charge in [-0.15, -0.1) is 10.2 Å². The standard InChI is InChI=1S/C17H22N8/c1-2-6-13-22-23-16(25(13)8-3-1)12-5-4-7-24(9-12)17-14-15(19-10-18-14)20-11-21-17/h10-12H,1-9H2,(H,18,19,20,21)/t12-/m1/s1. The van der Waals surface area contributed by atoms with Crippen LogP contribution in [0.15, 0.2) is 12.7 Å². The number of imidazole rings is 1. The molecule has 1 fully saturated rings. The van der Waals surface area contributed by atoms with Crippen molar-refractivity contribution in [2.24, 2.45) is 0 Å². The van der Waals surface area contributed by atoms with Gasteiger partial charge in [0.2, 0.25) is 0 Å². The Balaban J connectivity index is 1.45. The van der Waals surface area contributed by atoms with Gasteiger partial charge in [-0.1, -0.05) is 6.42 Å². The summed E-state index contributed by atoms with van der Waals surface area (Å²) >= 11 is 0. The lowest BCUT2D eigenvalue weighted by atomic mass is 9.97. The van der Waals surface area contributed by atoms with Gasteiger partial charge in [0.05, 0.1) is 6.33 Å². The zero-order valence-corrected chi connectivity index (χ0v) is 14.2. The van der Waals surface area contributed by atoms with E-state index in [9.17, 15) is 0 Å². The Morgan fingerprint density at radius 2 is 2.00 bits per heavy atom. The maximum absolute atomic E-state index is 4.58. The SMILES string of the molecule is c1nc(N2CCC[C@@H](c3nnc4n3CCCCC4)C2)c2[nH]cnc2n1. The van der Waals surface area contributed by atoms with Crippen molar-refractivity contribution in [2.45, 2.75) is 51.0 Å². The highest BCUT2D eigenvalue weighted by molar-refractivity contribution is 5.82. The van der Waals surface area contributed by atoms with Crippen LogP contribution in [0.5, 0.6) is 0 Å². The number of aromatic amines is 1. The molecule has 25 heavy (non-hydrogen) atoms. The van der Waals surface area contributed by atoms with Gasteiger partial charge < -0.3 is 14.5 Å². The van der Waals surface area contributed by atoms with Crippen LogP contribution in [0.1, 0.15) is 49.7 Å². The molecule has 8 heteroatoms. The van der Waals surface area contributed by atoms with Gasteiger partial charge in [-0.3, -0.25) is 0 Å². The van der Waals surface area contributed by atoms with Gasteiger partial charge in [0.25, 0.3) is 0 Å². The summed E-state index contributed by atoms with van der Waals surface area (Å²) in [5.74, 6) is 3.68. The van der Waals surface area contributed by atoms with E-state index in [1.165, 1.54) is 25.1 Å². The molecule has 0 unspecified atom stereocenters. The van der Waals surface area contributed by atoms with Gasteiger partial charge in [-0.25, -0.2) is 15.0 Å². The highest BCUT2D eigenvalue weighted by atomic mass is 15.3. The first kappa shape index (κ1) is 14.8. The largest absolute Gasteiger partial charge is 0.354 e. The Morgan fingerprint density at radius 1 is 1.00 bits per heavy atom. The van der Waals surface area contributed by atoms with Crippen molar-refractivity contribution in [1.29, 1.82) is 0 Å². The van der Waals surface area contributed by atoms with Gasteiger partial charge >= 0.3 is 0 Å². The minimum Gasteiger partial charge on any atom is -0.354 e. The van der Waals surface area contributed by atoms with Crippen LogP contribution in [0.25, 0.3) is 11.2 Å². The molecule has 2 aliphatic rings. The molecule has 3 aromatic rings. The summed E-state index contributed by atoms with van der Waals surface area (Å²) in [6.45, 7) is 2.98. The van der Waals surface area contributed by atoms with Crippen molar-refractivity contribution in [3.63, 3.8) is 0 Å². The zero-order chi connectivity index (χ0) is 16.6. The molecule has 0 radical (unpaired) electrons. The molecule has 1 atom stereocenters. The number of hydrogen-bond donors (Lipinski definition) is 1. The fraction of sp³-hybridized carbons (Fsp3) is 0.588. The number of fused-ring (bicyclic) bond motifs is 2. The zero-order valence-electron chi connectivity index (χ0n) is 14.2. The molecule has 0 aromatic carbocycles. The molecule has 130 valence electrons. The molecule has 2 aliphatic heterocycles. The van der Waals surface area contributed by atoms with Crippen molar-refractivity contribution in [1.82, 2.24) is 34.7 Å². The number of nitrogens with zero attached hydrogens (tertiary/aromatic N) is 7. The maximum Gasteiger partial charge on any atom is 0.182 e.